The zero-order valence-electron chi connectivity index (χ0n) is 9.28. The van der Waals surface area contributed by atoms with Gasteiger partial charge in [0.2, 0.25) is 5.91 Å². The first-order valence-electron chi connectivity index (χ1n) is 5.27. The van der Waals surface area contributed by atoms with Crippen LogP contribution in [0.5, 0.6) is 0 Å². The number of esters is 1. The number of carbonyl (C=O) groups is 2. The Labute approximate surface area is 89.8 Å². The highest BCUT2D eigenvalue weighted by atomic mass is 16.5. The van der Waals surface area contributed by atoms with Crippen molar-refractivity contribution in [3.8, 4) is 0 Å². The predicted molar refractivity (Wildman–Crippen MR) is 55.3 cm³/mol. The molecule has 5 nitrogen and oxygen atoms in total. The predicted octanol–water partition coefficient (Wildman–Crippen LogP) is -0.240. The fourth-order valence-electron chi connectivity index (χ4n) is 1.64. The minimum Gasteiger partial charge on any atom is -0.467 e. The van der Waals surface area contributed by atoms with Gasteiger partial charge in [0.15, 0.2) is 0 Å². The van der Waals surface area contributed by atoms with Crippen LogP contribution in [0.15, 0.2) is 0 Å². The van der Waals surface area contributed by atoms with Crippen molar-refractivity contribution < 1.29 is 14.3 Å². The summed E-state index contributed by atoms with van der Waals surface area (Å²) in [6, 6.07) is -0.506. The molecule has 1 saturated heterocycles. The summed E-state index contributed by atoms with van der Waals surface area (Å²) in [5.74, 6) is -0.475. The molecule has 1 heterocycles. The largest absolute Gasteiger partial charge is 0.467 e. The van der Waals surface area contributed by atoms with Gasteiger partial charge in [-0.1, -0.05) is 13.3 Å². The molecule has 0 spiro atoms. The topological polar surface area (TPSA) is 58.6 Å². The Kier molecular flexibility index (Phi) is 4.55. The van der Waals surface area contributed by atoms with Crippen LogP contribution in [0, 0.1) is 0 Å². The fourth-order valence-corrected chi connectivity index (χ4v) is 1.64. The van der Waals surface area contributed by atoms with E-state index in [1.807, 2.05) is 4.90 Å². The van der Waals surface area contributed by atoms with Crippen LogP contribution in [0.3, 0.4) is 0 Å². The third-order valence-corrected chi connectivity index (χ3v) is 2.46. The third kappa shape index (κ3) is 3.51. The number of amides is 1. The lowest BCUT2D eigenvalue weighted by atomic mass is 10.2. The van der Waals surface area contributed by atoms with E-state index >= 15 is 0 Å². The first-order valence-corrected chi connectivity index (χ1v) is 5.27. The molecule has 1 aliphatic heterocycles. The molecule has 1 amide bonds. The Bertz CT molecular complexity index is 243. The number of ether oxygens (including phenoxy) is 1. The highest BCUT2D eigenvalue weighted by molar-refractivity contribution is 5.86. The smallest absolute Gasteiger partial charge is 0.329 e. The molecule has 1 fully saturated rings. The van der Waals surface area contributed by atoms with Crippen LogP contribution >= 0.6 is 0 Å². The molecule has 1 N–H and O–H groups in total. The Hall–Kier alpha value is -1.10. The van der Waals surface area contributed by atoms with E-state index in [9.17, 15) is 9.59 Å². The summed E-state index contributed by atoms with van der Waals surface area (Å²) in [4.78, 5) is 24.6. The van der Waals surface area contributed by atoms with Crippen molar-refractivity contribution in [2.45, 2.75) is 25.8 Å². The molecular weight excluding hydrogens is 196 g/mol. The highest BCUT2D eigenvalue weighted by Gasteiger charge is 2.29. The van der Waals surface area contributed by atoms with Crippen molar-refractivity contribution in [3.63, 3.8) is 0 Å². The summed E-state index contributed by atoms with van der Waals surface area (Å²) >= 11 is 0. The zero-order valence-corrected chi connectivity index (χ0v) is 9.28. The maximum absolute atomic E-state index is 11.3. The van der Waals surface area contributed by atoms with Gasteiger partial charge in [0, 0.05) is 6.54 Å². The van der Waals surface area contributed by atoms with E-state index in [-0.39, 0.29) is 11.9 Å². The molecule has 1 atom stereocenters. The van der Waals surface area contributed by atoms with Crippen LogP contribution in [-0.4, -0.2) is 49.6 Å². The lowest BCUT2D eigenvalue weighted by Gasteiger charge is -2.31. The fraction of sp³-hybridized carbons (Fsp3) is 0.800. The van der Waals surface area contributed by atoms with Crippen molar-refractivity contribution in [1.29, 1.82) is 0 Å². The number of unbranched alkanes of at least 4 members (excludes halogenated alkanes) is 1. The summed E-state index contributed by atoms with van der Waals surface area (Å²) in [6.07, 6.45) is 2.13. The molecule has 1 unspecified atom stereocenters. The number of methoxy groups -OCH3 is 1. The van der Waals surface area contributed by atoms with Crippen LogP contribution < -0.4 is 5.32 Å². The molecule has 1 aliphatic rings. The monoisotopic (exact) mass is 214 g/mol. The first-order chi connectivity index (χ1) is 7.17. The van der Waals surface area contributed by atoms with Gasteiger partial charge in [-0.2, -0.15) is 0 Å². The zero-order chi connectivity index (χ0) is 11.3. The molecule has 0 aromatic carbocycles. The Morgan fingerprint density at radius 1 is 1.67 bits per heavy atom. The van der Waals surface area contributed by atoms with Crippen molar-refractivity contribution >= 4 is 11.9 Å². The van der Waals surface area contributed by atoms with Gasteiger partial charge < -0.3 is 10.1 Å². The van der Waals surface area contributed by atoms with Crippen LogP contribution in [0.1, 0.15) is 19.8 Å². The number of carbonyl (C=O) groups excluding carboxylic acids is 2. The Balaban J connectivity index is 2.48. The number of nitrogens with one attached hydrogen (secondary N) is 1. The van der Waals surface area contributed by atoms with Gasteiger partial charge in [-0.05, 0) is 13.0 Å². The molecule has 1 rings (SSSR count). The molecule has 15 heavy (non-hydrogen) atoms. The molecule has 5 heteroatoms. The Morgan fingerprint density at radius 3 is 3.00 bits per heavy atom. The lowest BCUT2D eigenvalue weighted by molar-refractivity contribution is -0.147. The Morgan fingerprint density at radius 2 is 2.40 bits per heavy atom. The molecule has 0 radical (unpaired) electrons. The second-order valence-corrected chi connectivity index (χ2v) is 3.73. The van der Waals surface area contributed by atoms with Crippen molar-refractivity contribution in [1.82, 2.24) is 10.2 Å². The number of hydrogen-bond acceptors (Lipinski definition) is 4. The van der Waals surface area contributed by atoms with Crippen LogP contribution in [-0.2, 0) is 14.3 Å². The van der Waals surface area contributed by atoms with Crippen molar-refractivity contribution in [2.75, 3.05) is 26.7 Å². The highest BCUT2D eigenvalue weighted by Crippen LogP contribution is 2.03. The van der Waals surface area contributed by atoms with Gasteiger partial charge in [-0.15, -0.1) is 0 Å². The summed E-state index contributed by atoms with van der Waals surface area (Å²) in [5.41, 5.74) is 0. The van der Waals surface area contributed by atoms with E-state index in [4.69, 9.17) is 0 Å². The van der Waals surface area contributed by atoms with Gasteiger partial charge in [-0.25, -0.2) is 4.79 Å². The van der Waals surface area contributed by atoms with E-state index in [0.717, 1.165) is 19.4 Å². The van der Waals surface area contributed by atoms with Gasteiger partial charge in [0.05, 0.1) is 13.7 Å². The molecule has 0 aromatic heterocycles. The SMILES string of the molecule is CCCCN1CC(=O)NC(C(=O)OC)C1. The van der Waals surface area contributed by atoms with Crippen molar-refractivity contribution in [2.24, 2.45) is 0 Å². The molecule has 86 valence electrons. The lowest BCUT2D eigenvalue weighted by Crippen LogP contribution is -2.57. The average molecular weight is 214 g/mol. The van der Waals surface area contributed by atoms with Crippen LogP contribution in [0.2, 0.25) is 0 Å². The molecule has 0 saturated carbocycles. The summed E-state index contributed by atoms with van der Waals surface area (Å²) in [6.45, 7) is 3.89. The molecule has 0 bridgehead atoms. The minimum absolute atomic E-state index is 0.104. The number of nitrogens with zero attached hydrogens (tertiary/aromatic N) is 1. The van der Waals surface area contributed by atoms with Crippen molar-refractivity contribution in [3.05, 3.63) is 0 Å². The quantitative estimate of drug-likeness (QED) is 0.656. The summed E-state index contributed by atoms with van der Waals surface area (Å²) in [7, 11) is 1.33. The normalized spacial score (nSPS) is 22.3. The molecule has 0 aromatic rings. The first kappa shape index (κ1) is 12.0. The average Bonchev–Trinajstić information content (AvgIpc) is 2.24. The number of piperazine rings is 1. The maximum Gasteiger partial charge on any atom is 0.329 e. The van der Waals surface area contributed by atoms with Gasteiger partial charge >= 0.3 is 5.97 Å². The van der Waals surface area contributed by atoms with E-state index < -0.39 is 6.04 Å². The maximum atomic E-state index is 11.3. The molecule has 0 aliphatic carbocycles. The number of hydrogen-bond donors (Lipinski definition) is 1. The van der Waals surface area contributed by atoms with Gasteiger partial charge in [0.25, 0.3) is 0 Å². The summed E-state index contributed by atoms with van der Waals surface area (Å²) in [5, 5.41) is 2.62. The minimum atomic E-state index is -0.506. The molecular formula is C10H18N2O3. The van der Waals surface area contributed by atoms with Gasteiger partial charge in [0.1, 0.15) is 6.04 Å². The van der Waals surface area contributed by atoms with E-state index in [1.165, 1.54) is 7.11 Å². The second kappa shape index (κ2) is 5.70. The van der Waals surface area contributed by atoms with Gasteiger partial charge in [-0.3, -0.25) is 9.69 Å². The standard InChI is InChI=1S/C10H18N2O3/c1-3-4-5-12-6-8(10(14)15-2)11-9(13)7-12/h8H,3-7H2,1-2H3,(H,11,13). The van der Waals surface area contributed by atoms with Crippen LogP contribution in [0.25, 0.3) is 0 Å². The van der Waals surface area contributed by atoms with E-state index in [2.05, 4.69) is 17.0 Å². The third-order valence-electron chi connectivity index (χ3n) is 2.46. The van der Waals surface area contributed by atoms with Crippen LogP contribution in [0.4, 0.5) is 0 Å². The van der Waals surface area contributed by atoms with E-state index in [0.29, 0.717) is 13.1 Å². The number of rotatable bonds is 4. The van der Waals surface area contributed by atoms with E-state index in [1.54, 1.807) is 0 Å². The summed E-state index contributed by atoms with van der Waals surface area (Å²) < 4.78 is 4.61. The second-order valence-electron chi connectivity index (χ2n) is 3.73.